The highest BCUT2D eigenvalue weighted by molar-refractivity contribution is 6.06. The molecule has 3 aromatic rings. The molecule has 0 unspecified atom stereocenters. The Balaban J connectivity index is 0.00000196. The highest BCUT2D eigenvalue weighted by Crippen LogP contribution is 2.30. The lowest BCUT2D eigenvalue weighted by molar-refractivity contribution is 0.0943. The minimum Gasteiger partial charge on any atom is -0.466 e. The number of aryl methyl sites for hydroxylation is 2. The summed E-state index contributed by atoms with van der Waals surface area (Å²) in [6.45, 7) is 10.1. The predicted molar refractivity (Wildman–Crippen MR) is 116 cm³/mol. The van der Waals surface area contributed by atoms with Gasteiger partial charge in [-0.1, -0.05) is 0 Å². The molecule has 9 heteroatoms. The molecule has 0 aliphatic carbocycles. The summed E-state index contributed by atoms with van der Waals surface area (Å²) < 4.78 is 7.47. The number of carbonyl (C=O) groups is 1. The monoisotopic (exact) mass is 427 g/mol. The van der Waals surface area contributed by atoms with E-state index >= 15 is 0 Å². The maximum absolute atomic E-state index is 12.8. The van der Waals surface area contributed by atoms with Crippen LogP contribution in [-0.4, -0.2) is 33.3 Å². The second-order valence-corrected chi connectivity index (χ2v) is 6.91. The van der Waals surface area contributed by atoms with Crippen molar-refractivity contribution in [2.24, 2.45) is 5.73 Å². The molecule has 3 N–H and O–H groups in total. The van der Waals surface area contributed by atoms with Gasteiger partial charge in [0.25, 0.3) is 5.91 Å². The number of rotatable bonds is 5. The van der Waals surface area contributed by atoms with Gasteiger partial charge in [0.05, 0.1) is 22.8 Å². The minimum absolute atomic E-state index is 0. The van der Waals surface area contributed by atoms with Crippen molar-refractivity contribution in [3.8, 4) is 11.3 Å². The van der Waals surface area contributed by atoms with Gasteiger partial charge in [-0.3, -0.25) is 4.79 Å². The van der Waals surface area contributed by atoms with E-state index in [0.717, 1.165) is 22.5 Å². The maximum atomic E-state index is 12.8. The average Bonchev–Trinajstić information content (AvgIpc) is 3.16. The molecule has 0 fully saturated rings. The Hall–Kier alpha value is -2.09. The van der Waals surface area contributed by atoms with Crippen molar-refractivity contribution in [2.45, 2.75) is 46.7 Å². The normalized spacial score (nSPS) is 11.8. The van der Waals surface area contributed by atoms with Crippen molar-refractivity contribution in [1.29, 1.82) is 0 Å². The lowest BCUT2D eigenvalue weighted by atomic mass is 10.1. The van der Waals surface area contributed by atoms with Crippen LogP contribution >= 0.6 is 24.8 Å². The summed E-state index contributed by atoms with van der Waals surface area (Å²) in [5, 5.41) is 8.07. The van der Waals surface area contributed by atoms with Crippen molar-refractivity contribution in [3.05, 3.63) is 35.4 Å². The highest BCUT2D eigenvalue weighted by atomic mass is 35.5. The molecule has 3 heterocycles. The Morgan fingerprint density at radius 2 is 1.93 bits per heavy atom. The van der Waals surface area contributed by atoms with Crippen molar-refractivity contribution in [1.82, 2.24) is 20.1 Å². The molecule has 3 aromatic heterocycles. The van der Waals surface area contributed by atoms with Gasteiger partial charge < -0.3 is 15.5 Å². The van der Waals surface area contributed by atoms with Crippen LogP contribution in [-0.2, 0) is 0 Å². The van der Waals surface area contributed by atoms with Crippen LogP contribution in [0.15, 0.2) is 22.7 Å². The number of halogens is 2. The van der Waals surface area contributed by atoms with Crippen molar-refractivity contribution in [3.63, 3.8) is 0 Å². The summed E-state index contributed by atoms with van der Waals surface area (Å²) in [5.74, 6) is 1.39. The van der Waals surface area contributed by atoms with Gasteiger partial charge in [0.1, 0.15) is 11.5 Å². The van der Waals surface area contributed by atoms with E-state index < -0.39 is 0 Å². The van der Waals surface area contributed by atoms with Crippen LogP contribution in [0.25, 0.3) is 22.3 Å². The number of carbonyl (C=O) groups excluding carboxylic acids is 1. The van der Waals surface area contributed by atoms with E-state index in [-0.39, 0.29) is 42.8 Å². The number of amides is 1. The first-order valence-corrected chi connectivity index (χ1v) is 8.78. The number of aromatic nitrogens is 3. The third-order valence-corrected chi connectivity index (χ3v) is 4.35. The predicted octanol–water partition coefficient (Wildman–Crippen LogP) is 3.81. The van der Waals surface area contributed by atoms with Gasteiger partial charge in [-0.15, -0.1) is 24.8 Å². The zero-order chi connectivity index (χ0) is 19.0. The van der Waals surface area contributed by atoms with Gasteiger partial charge in [0.15, 0.2) is 5.65 Å². The molecule has 1 atom stereocenters. The fourth-order valence-corrected chi connectivity index (χ4v) is 2.97. The molecule has 1 amide bonds. The number of hydrogen-bond acceptors (Lipinski definition) is 5. The second kappa shape index (κ2) is 9.41. The SMILES string of the molecule is Cc1cc(-c2cc(C(=O)N[C@@H](C)CN)c3cnn(C(C)C)c3n2)c(C)o1.Cl.Cl. The molecule has 0 bridgehead atoms. The van der Waals surface area contributed by atoms with E-state index in [1.165, 1.54) is 0 Å². The van der Waals surface area contributed by atoms with Crippen molar-refractivity contribution in [2.75, 3.05) is 6.54 Å². The van der Waals surface area contributed by atoms with Gasteiger partial charge >= 0.3 is 0 Å². The number of pyridine rings is 1. The molecule has 154 valence electrons. The Morgan fingerprint density at radius 1 is 1.25 bits per heavy atom. The minimum atomic E-state index is -0.183. The maximum Gasteiger partial charge on any atom is 0.252 e. The number of hydrogen-bond donors (Lipinski definition) is 2. The molecule has 0 radical (unpaired) electrons. The molecule has 0 aromatic carbocycles. The van der Waals surface area contributed by atoms with Gasteiger partial charge in [-0.05, 0) is 46.8 Å². The van der Waals surface area contributed by atoms with Gasteiger partial charge in [-0.25, -0.2) is 9.67 Å². The molecule has 0 aliphatic rings. The third-order valence-electron chi connectivity index (χ3n) is 4.35. The highest BCUT2D eigenvalue weighted by Gasteiger charge is 2.20. The van der Waals surface area contributed by atoms with Crippen molar-refractivity contribution < 1.29 is 9.21 Å². The summed E-state index contributed by atoms with van der Waals surface area (Å²) >= 11 is 0. The first-order valence-electron chi connectivity index (χ1n) is 8.78. The standard InChI is InChI=1S/C19H25N5O2.2ClH/c1-10(2)24-18-16(9-21-24)15(19(25)22-11(3)8-20)7-17(23-18)14-6-12(4)26-13(14)5;;/h6-7,9-11H,8,20H2,1-5H3,(H,22,25);2*1H/t11-;;/m0../s1. The molecule has 7 nitrogen and oxygen atoms in total. The molecular formula is C19H27Cl2N5O2. The Morgan fingerprint density at radius 3 is 2.46 bits per heavy atom. The largest absolute Gasteiger partial charge is 0.466 e. The zero-order valence-corrected chi connectivity index (χ0v) is 18.3. The summed E-state index contributed by atoms with van der Waals surface area (Å²) in [7, 11) is 0. The zero-order valence-electron chi connectivity index (χ0n) is 16.6. The number of nitrogens with two attached hydrogens (primary N) is 1. The second-order valence-electron chi connectivity index (χ2n) is 6.91. The van der Waals surface area contributed by atoms with E-state index in [1.807, 2.05) is 45.4 Å². The van der Waals surface area contributed by atoms with Gasteiger partial charge in [0, 0.05) is 24.2 Å². The van der Waals surface area contributed by atoms with E-state index in [0.29, 0.717) is 23.4 Å². The van der Waals surface area contributed by atoms with Crippen LogP contribution in [0.2, 0.25) is 0 Å². The number of nitrogens with one attached hydrogen (secondary N) is 1. The van der Waals surface area contributed by atoms with Gasteiger partial charge in [-0.2, -0.15) is 5.10 Å². The number of furan rings is 1. The van der Waals surface area contributed by atoms with E-state index in [1.54, 1.807) is 12.3 Å². The van der Waals surface area contributed by atoms with E-state index in [2.05, 4.69) is 10.4 Å². The topological polar surface area (TPSA) is 99.0 Å². The summed E-state index contributed by atoms with van der Waals surface area (Å²) in [6, 6.07) is 3.74. The first-order chi connectivity index (χ1) is 12.3. The Kier molecular flexibility index (Phi) is 8.05. The van der Waals surface area contributed by atoms with Crippen LogP contribution in [0.4, 0.5) is 0 Å². The van der Waals surface area contributed by atoms with Crippen LogP contribution in [0, 0.1) is 13.8 Å². The Bertz CT molecular complexity index is 965. The van der Waals surface area contributed by atoms with Crippen LogP contribution in [0.1, 0.15) is 48.7 Å². The first kappa shape index (κ1) is 23.9. The molecule has 3 rings (SSSR count). The molecular weight excluding hydrogens is 401 g/mol. The fraction of sp³-hybridized carbons (Fsp3) is 0.421. The van der Waals surface area contributed by atoms with Crippen molar-refractivity contribution >= 4 is 41.8 Å². The smallest absolute Gasteiger partial charge is 0.252 e. The summed E-state index contributed by atoms with van der Waals surface area (Å²) in [5.41, 5.74) is 8.43. The van der Waals surface area contributed by atoms with E-state index in [4.69, 9.17) is 15.1 Å². The molecule has 0 saturated carbocycles. The average molecular weight is 428 g/mol. The lowest BCUT2D eigenvalue weighted by Gasteiger charge is -2.13. The molecule has 0 aliphatic heterocycles. The van der Waals surface area contributed by atoms with Crippen LogP contribution in [0.3, 0.4) is 0 Å². The number of nitrogens with zero attached hydrogens (tertiary/aromatic N) is 3. The third kappa shape index (κ3) is 4.48. The number of fused-ring (bicyclic) bond motifs is 1. The summed E-state index contributed by atoms with van der Waals surface area (Å²) in [4.78, 5) is 17.6. The molecule has 28 heavy (non-hydrogen) atoms. The lowest BCUT2D eigenvalue weighted by Crippen LogP contribution is -2.37. The van der Waals surface area contributed by atoms with Crippen LogP contribution in [0.5, 0.6) is 0 Å². The Labute approximate surface area is 176 Å². The molecule has 0 spiro atoms. The quantitative estimate of drug-likeness (QED) is 0.644. The van der Waals surface area contributed by atoms with E-state index in [9.17, 15) is 4.79 Å². The fourth-order valence-electron chi connectivity index (χ4n) is 2.97. The molecule has 0 saturated heterocycles. The van der Waals surface area contributed by atoms with Crippen LogP contribution < -0.4 is 11.1 Å². The van der Waals surface area contributed by atoms with Gasteiger partial charge in [0.2, 0.25) is 0 Å². The summed E-state index contributed by atoms with van der Waals surface area (Å²) in [6.07, 6.45) is 1.70.